The third kappa shape index (κ3) is 1.47. The molecule has 0 amide bonds. The maximum absolute atomic E-state index is 4.19. The molecule has 0 aromatic heterocycles. The van der Waals surface area contributed by atoms with Gasteiger partial charge < -0.3 is 0 Å². The molecule has 0 bridgehead atoms. The van der Waals surface area contributed by atoms with Gasteiger partial charge in [-0.2, -0.15) is 0 Å². The van der Waals surface area contributed by atoms with Gasteiger partial charge in [-0.05, 0) is 164 Å². The normalized spacial score (nSPS) is 31.6. The second kappa shape index (κ2) is 5.57. The van der Waals surface area contributed by atoms with Gasteiger partial charge in [-0.15, -0.1) is 0 Å². The van der Waals surface area contributed by atoms with Crippen molar-refractivity contribution >= 4 is 109 Å². The molecule has 0 radical (unpaired) electrons. The van der Waals surface area contributed by atoms with E-state index in [-0.39, 0.29) is 0 Å². The maximum atomic E-state index is 4.19. The van der Waals surface area contributed by atoms with Gasteiger partial charge in [0.25, 0.3) is 0 Å². The van der Waals surface area contributed by atoms with Crippen molar-refractivity contribution in [2.75, 3.05) is 0 Å². The minimum Gasteiger partial charge on any atom is -0.0985 e. The van der Waals surface area contributed by atoms with Crippen molar-refractivity contribution in [1.82, 2.24) is 0 Å². The lowest BCUT2D eigenvalue weighted by Crippen LogP contribution is -2.34. The summed E-state index contributed by atoms with van der Waals surface area (Å²) < 4.78 is 0. The van der Waals surface area contributed by atoms with Crippen LogP contribution < -0.4 is 10.4 Å². The first kappa shape index (κ1) is 20.9. The van der Waals surface area contributed by atoms with E-state index in [0.717, 1.165) is 0 Å². The monoisotopic (exact) mass is 598 g/mol. The van der Waals surface area contributed by atoms with Crippen molar-refractivity contribution in [2.45, 2.75) is 23.7 Å². The van der Waals surface area contributed by atoms with Crippen molar-refractivity contribution < 1.29 is 0 Å². The quantitative estimate of drug-likeness (QED) is 0.130. The Morgan fingerprint density at radius 3 is 2.12 bits per heavy atom. The van der Waals surface area contributed by atoms with Gasteiger partial charge in [0.2, 0.25) is 0 Å². The smallest absolute Gasteiger partial charge is 0.0212 e. The lowest BCUT2D eigenvalue weighted by molar-refractivity contribution is 0.342. The number of rotatable bonds is 1. The molecule has 214 valence electrons. The molecule has 0 spiro atoms. The Hall–Kier alpha value is -5.20. The first-order valence-corrected chi connectivity index (χ1v) is 18.3. The Kier molecular flexibility index (Phi) is 2.43. The van der Waals surface area contributed by atoms with Crippen LogP contribution in [0.1, 0.15) is 62.6 Å². The van der Waals surface area contributed by atoms with Crippen LogP contribution in [0.15, 0.2) is 67.3 Å². The number of allylic oxidation sites excluding steroid dienone is 3. The fourth-order valence-electron chi connectivity index (χ4n) is 15.6. The minimum absolute atomic E-state index is 0.453. The molecule has 8 unspecified atom stereocenters. The molecule has 0 aliphatic heterocycles. The Morgan fingerprint density at radius 1 is 0.479 bits per heavy atom. The van der Waals surface area contributed by atoms with Gasteiger partial charge in [0, 0.05) is 29.6 Å². The van der Waals surface area contributed by atoms with Gasteiger partial charge in [0.15, 0.2) is 0 Å². The molecule has 8 aliphatic rings. The van der Waals surface area contributed by atoms with Crippen molar-refractivity contribution in [3.05, 3.63) is 117 Å². The highest BCUT2D eigenvalue weighted by atomic mass is 14.6. The predicted molar refractivity (Wildman–Crippen MR) is 198 cm³/mol. The van der Waals surface area contributed by atoms with Crippen LogP contribution in [-0.2, 0) is 0 Å². The molecule has 8 aliphatic carbocycles. The summed E-state index contributed by atoms with van der Waals surface area (Å²) in [5, 5.41) is 29.1. The average Bonchev–Trinajstić information content (AvgIpc) is 3.93. The number of fused-ring (bicyclic) bond motifs is 11. The van der Waals surface area contributed by atoms with E-state index in [9.17, 15) is 0 Å². The van der Waals surface area contributed by atoms with Crippen LogP contribution in [0.3, 0.4) is 0 Å². The largest absolute Gasteiger partial charge is 0.0985 e. The molecule has 1 saturated carbocycles. The van der Waals surface area contributed by atoms with Crippen molar-refractivity contribution in [1.29, 1.82) is 0 Å². The second-order valence-electron chi connectivity index (χ2n) is 17.1. The van der Waals surface area contributed by atoms with E-state index >= 15 is 0 Å². The zero-order valence-corrected chi connectivity index (χ0v) is 25.8. The lowest BCUT2D eigenvalue weighted by Gasteiger charge is -2.46. The fourth-order valence-corrected chi connectivity index (χ4v) is 15.6. The molecule has 0 nitrogen and oxygen atoms in total. The summed E-state index contributed by atoms with van der Waals surface area (Å²) >= 11 is 0. The van der Waals surface area contributed by atoms with Gasteiger partial charge >= 0.3 is 0 Å². The van der Waals surface area contributed by atoms with Gasteiger partial charge in [-0.1, -0.05) is 79.4 Å². The molecule has 0 N–H and O–H groups in total. The third-order valence-corrected chi connectivity index (χ3v) is 16.5. The van der Waals surface area contributed by atoms with Crippen LogP contribution in [0.2, 0.25) is 0 Å². The summed E-state index contributed by atoms with van der Waals surface area (Å²) in [4.78, 5) is 0. The molecule has 8 atom stereocenters. The minimum atomic E-state index is 0.453. The third-order valence-electron chi connectivity index (χ3n) is 16.5. The van der Waals surface area contributed by atoms with E-state index in [1.54, 1.807) is 119 Å². The highest BCUT2D eigenvalue weighted by molar-refractivity contribution is 6.57. The Morgan fingerprint density at radius 2 is 1.23 bits per heavy atom. The highest BCUT2D eigenvalue weighted by Crippen LogP contribution is 2.74. The van der Waals surface area contributed by atoms with E-state index in [1.165, 1.54) is 21.7 Å². The molecule has 18 rings (SSSR count). The standard InChI is InChI=1S/C48H22/c1-2-14-3-4-21-24(13-14)36-25(21)32-22-11-9-19-17-7-5-15-16-6-8-18-20-10-12-23-34-31(20)39-29(18)27(16)37-26(15)28(17)38-30(19)33(22)42-40(32)41(35(23)36)43(34)48-46(39)44(37)45(38)47(42)48/h2-13,18,20,23,25,29,31,34,36H,1H2. The molecule has 0 heteroatoms. The van der Waals surface area contributed by atoms with Gasteiger partial charge in [-0.25, -0.2) is 0 Å². The molecule has 48 heavy (non-hydrogen) atoms. The average molecular weight is 599 g/mol. The van der Waals surface area contributed by atoms with Crippen molar-refractivity contribution in [3.63, 3.8) is 0 Å². The molecular formula is C48H22. The summed E-state index contributed by atoms with van der Waals surface area (Å²) in [6, 6.07) is 17.4. The Balaban J connectivity index is 1.27. The van der Waals surface area contributed by atoms with Crippen LogP contribution >= 0.6 is 0 Å². The van der Waals surface area contributed by atoms with Crippen LogP contribution in [0.5, 0.6) is 0 Å². The highest BCUT2D eigenvalue weighted by Gasteiger charge is 2.62. The zero-order chi connectivity index (χ0) is 29.7. The molecular weight excluding hydrogens is 577 g/mol. The Bertz CT molecular complexity index is 3620. The maximum Gasteiger partial charge on any atom is 0.0212 e. The predicted octanol–water partition coefficient (Wildman–Crippen LogP) is 10.0. The van der Waals surface area contributed by atoms with Gasteiger partial charge in [0.1, 0.15) is 0 Å². The summed E-state index contributed by atoms with van der Waals surface area (Å²) in [5.74, 6) is 4.34. The first-order chi connectivity index (χ1) is 23.8. The van der Waals surface area contributed by atoms with E-state index < -0.39 is 0 Å². The van der Waals surface area contributed by atoms with E-state index in [4.69, 9.17) is 0 Å². The molecule has 10 aromatic rings. The second-order valence-corrected chi connectivity index (χ2v) is 17.1. The lowest BCUT2D eigenvalue weighted by atomic mass is 9.56. The molecule has 0 heterocycles. The van der Waals surface area contributed by atoms with Gasteiger partial charge in [0.05, 0.1) is 0 Å². The summed E-state index contributed by atoms with van der Waals surface area (Å²) in [6.45, 7) is 4.19. The number of benzene rings is 6. The van der Waals surface area contributed by atoms with Crippen molar-refractivity contribution in [3.8, 4) is 0 Å². The number of hydrogen-bond donors (Lipinski definition) is 0. The summed E-state index contributed by atoms with van der Waals surface area (Å²) in [7, 11) is 0. The van der Waals surface area contributed by atoms with Gasteiger partial charge in [-0.3, -0.25) is 0 Å². The molecule has 10 aromatic carbocycles. The summed E-state index contributed by atoms with van der Waals surface area (Å²) in [6.07, 6.45) is 12.8. The van der Waals surface area contributed by atoms with Crippen molar-refractivity contribution in [2.24, 2.45) is 23.7 Å². The van der Waals surface area contributed by atoms with E-state index in [0.29, 0.717) is 47.3 Å². The fraction of sp³-hybridized carbons (Fsp3) is 0.167. The topological polar surface area (TPSA) is 0 Å². The Labute approximate surface area is 272 Å². The SMILES string of the molecule is C=Cc1ccc2c(c1)C1C3=c4c5c6c7c8c9c%10c(c%11ccc%12c%13ccc%14c(c4c4c%14c%13c(c%12c%119)c8c64)C21)C=CC1C%10C=7C2C1C=CC3C52. The molecule has 0 saturated heterocycles. The van der Waals surface area contributed by atoms with E-state index in [2.05, 4.69) is 79.4 Å². The molecule has 1 fully saturated rings. The zero-order valence-electron chi connectivity index (χ0n) is 25.8. The summed E-state index contributed by atoms with van der Waals surface area (Å²) in [5.41, 5.74) is 14.8. The van der Waals surface area contributed by atoms with Crippen LogP contribution in [0.4, 0.5) is 0 Å². The first-order valence-electron chi connectivity index (χ1n) is 18.3. The van der Waals surface area contributed by atoms with E-state index in [1.807, 2.05) is 5.57 Å². The van der Waals surface area contributed by atoms with Crippen LogP contribution in [0.25, 0.3) is 109 Å². The van der Waals surface area contributed by atoms with Crippen LogP contribution in [-0.4, -0.2) is 0 Å². The van der Waals surface area contributed by atoms with Crippen LogP contribution in [0, 0.1) is 23.7 Å². The number of hydrogen-bond acceptors (Lipinski definition) is 0.